The molecule has 1 aliphatic heterocycles. The molecule has 0 aromatic carbocycles. The number of aliphatic imine (C=N–C) groups is 1. The molecule has 0 radical (unpaired) electrons. The van der Waals surface area contributed by atoms with E-state index < -0.39 is 0 Å². The minimum atomic E-state index is 0.925. The topological polar surface area (TPSA) is 30.9 Å². The second-order valence-electron chi connectivity index (χ2n) is 6.34. The molecule has 1 heterocycles. The lowest BCUT2D eigenvalue weighted by atomic mass is 9.82. The highest BCUT2D eigenvalue weighted by molar-refractivity contribution is 5.80. The molecule has 4 nitrogen and oxygen atoms in total. The first kappa shape index (κ1) is 14.6. The van der Waals surface area contributed by atoms with Crippen molar-refractivity contribution in [3.63, 3.8) is 0 Å². The molecule has 2 unspecified atom stereocenters. The first-order chi connectivity index (χ1) is 9.20. The van der Waals surface area contributed by atoms with Gasteiger partial charge in [-0.15, -0.1) is 0 Å². The Bertz CT molecular complexity index is 287. The molecule has 1 saturated carbocycles. The summed E-state index contributed by atoms with van der Waals surface area (Å²) in [6.07, 6.45) is 6.90. The summed E-state index contributed by atoms with van der Waals surface area (Å²) in [7, 11) is 6.16. The lowest BCUT2D eigenvalue weighted by Crippen LogP contribution is -2.41. The van der Waals surface area contributed by atoms with E-state index in [4.69, 9.17) is 0 Å². The van der Waals surface area contributed by atoms with Crippen LogP contribution >= 0.6 is 0 Å². The summed E-state index contributed by atoms with van der Waals surface area (Å²) < 4.78 is 0. The van der Waals surface area contributed by atoms with Crippen molar-refractivity contribution in [3.8, 4) is 0 Å². The quantitative estimate of drug-likeness (QED) is 0.477. The van der Waals surface area contributed by atoms with E-state index in [0.717, 1.165) is 30.9 Å². The zero-order valence-corrected chi connectivity index (χ0v) is 12.9. The number of nitrogens with one attached hydrogen (secondary N) is 1. The van der Waals surface area contributed by atoms with Crippen molar-refractivity contribution in [1.29, 1.82) is 0 Å². The monoisotopic (exact) mass is 266 g/mol. The van der Waals surface area contributed by atoms with Gasteiger partial charge in [0.1, 0.15) is 0 Å². The standard InChI is InChI=1S/C15H30N4/c1-16-15(17-9-6-10-18(2)3)19-11-13-7-4-5-8-14(13)12-19/h13-14H,4-12H2,1-3H3,(H,16,17). The fraction of sp³-hybridized carbons (Fsp3) is 0.933. The molecule has 0 spiro atoms. The van der Waals surface area contributed by atoms with Crippen LogP contribution in [0.3, 0.4) is 0 Å². The van der Waals surface area contributed by atoms with Gasteiger partial charge in [-0.25, -0.2) is 0 Å². The number of nitrogens with zero attached hydrogens (tertiary/aromatic N) is 3. The zero-order chi connectivity index (χ0) is 13.7. The summed E-state index contributed by atoms with van der Waals surface area (Å²) in [4.78, 5) is 9.18. The number of likely N-dealkylation sites (tertiary alicyclic amines) is 1. The Labute approximate surface area is 118 Å². The molecular formula is C15H30N4. The Morgan fingerprint density at radius 2 is 1.84 bits per heavy atom. The molecule has 0 aromatic rings. The number of fused-ring (bicyclic) bond motifs is 1. The lowest BCUT2D eigenvalue weighted by Gasteiger charge is -2.22. The van der Waals surface area contributed by atoms with Crippen LogP contribution in [0, 0.1) is 11.8 Å². The molecule has 1 saturated heterocycles. The number of hydrogen-bond acceptors (Lipinski definition) is 2. The third-order valence-corrected chi connectivity index (χ3v) is 4.55. The van der Waals surface area contributed by atoms with Gasteiger partial charge in [0.15, 0.2) is 5.96 Å². The van der Waals surface area contributed by atoms with Crippen LogP contribution in [0.15, 0.2) is 4.99 Å². The van der Waals surface area contributed by atoms with Gasteiger partial charge in [-0.1, -0.05) is 12.8 Å². The summed E-state index contributed by atoms with van der Waals surface area (Å²) in [6, 6.07) is 0. The van der Waals surface area contributed by atoms with Crippen molar-refractivity contribution in [3.05, 3.63) is 0 Å². The molecule has 1 N–H and O–H groups in total. The highest BCUT2D eigenvalue weighted by Gasteiger charge is 2.35. The normalized spacial score (nSPS) is 27.8. The average molecular weight is 266 g/mol. The van der Waals surface area contributed by atoms with E-state index >= 15 is 0 Å². The van der Waals surface area contributed by atoms with Crippen molar-refractivity contribution in [2.75, 3.05) is 47.3 Å². The molecule has 0 aromatic heterocycles. The minimum Gasteiger partial charge on any atom is -0.356 e. The Kier molecular flexibility index (Phi) is 5.49. The van der Waals surface area contributed by atoms with E-state index in [1.165, 1.54) is 45.2 Å². The Morgan fingerprint density at radius 1 is 1.21 bits per heavy atom. The molecule has 19 heavy (non-hydrogen) atoms. The Balaban J connectivity index is 1.76. The fourth-order valence-electron chi connectivity index (χ4n) is 3.51. The van der Waals surface area contributed by atoms with Crippen LogP contribution in [-0.4, -0.2) is 63.1 Å². The van der Waals surface area contributed by atoms with Gasteiger partial charge >= 0.3 is 0 Å². The van der Waals surface area contributed by atoms with Crippen molar-refractivity contribution >= 4 is 5.96 Å². The third-order valence-electron chi connectivity index (χ3n) is 4.55. The van der Waals surface area contributed by atoms with Crippen LogP contribution in [0.25, 0.3) is 0 Å². The molecule has 4 heteroatoms. The zero-order valence-electron chi connectivity index (χ0n) is 12.9. The fourth-order valence-corrected chi connectivity index (χ4v) is 3.51. The molecule has 2 aliphatic rings. The van der Waals surface area contributed by atoms with Crippen LogP contribution < -0.4 is 5.32 Å². The van der Waals surface area contributed by atoms with Gasteiger partial charge in [0.2, 0.25) is 0 Å². The Morgan fingerprint density at radius 3 is 2.37 bits per heavy atom. The number of rotatable bonds is 4. The second-order valence-corrected chi connectivity index (χ2v) is 6.34. The molecule has 1 aliphatic carbocycles. The molecule has 2 fully saturated rings. The Hall–Kier alpha value is -0.770. The average Bonchev–Trinajstić information content (AvgIpc) is 2.82. The van der Waals surface area contributed by atoms with Gasteiger partial charge in [0.05, 0.1) is 0 Å². The van der Waals surface area contributed by atoms with Gasteiger partial charge in [-0.2, -0.15) is 0 Å². The van der Waals surface area contributed by atoms with E-state index in [0.29, 0.717) is 0 Å². The van der Waals surface area contributed by atoms with Gasteiger partial charge in [-0.05, 0) is 51.7 Å². The summed E-state index contributed by atoms with van der Waals surface area (Å²) in [5.74, 6) is 2.97. The van der Waals surface area contributed by atoms with Crippen LogP contribution in [0.5, 0.6) is 0 Å². The first-order valence-corrected chi connectivity index (χ1v) is 7.81. The maximum Gasteiger partial charge on any atom is 0.193 e. The van der Waals surface area contributed by atoms with Crippen LogP contribution in [-0.2, 0) is 0 Å². The SMILES string of the molecule is CN=C(NCCCN(C)C)N1CC2CCCCC2C1. The summed E-state index contributed by atoms with van der Waals surface area (Å²) >= 11 is 0. The van der Waals surface area contributed by atoms with E-state index in [1.54, 1.807) is 0 Å². The van der Waals surface area contributed by atoms with E-state index in [-0.39, 0.29) is 0 Å². The maximum atomic E-state index is 4.46. The predicted octanol–water partition coefficient (Wildman–Crippen LogP) is 1.64. The number of hydrogen-bond donors (Lipinski definition) is 1. The van der Waals surface area contributed by atoms with Crippen LogP contribution in [0.4, 0.5) is 0 Å². The molecular weight excluding hydrogens is 236 g/mol. The smallest absolute Gasteiger partial charge is 0.193 e. The summed E-state index contributed by atoms with van der Waals surface area (Å²) in [6.45, 7) is 4.60. The van der Waals surface area contributed by atoms with Crippen molar-refractivity contribution in [2.45, 2.75) is 32.1 Å². The predicted molar refractivity (Wildman–Crippen MR) is 81.6 cm³/mol. The minimum absolute atomic E-state index is 0.925. The van der Waals surface area contributed by atoms with Crippen molar-refractivity contribution in [1.82, 2.24) is 15.1 Å². The first-order valence-electron chi connectivity index (χ1n) is 7.81. The van der Waals surface area contributed by atoms with Gasteiger partial charge in [-0.3, -0.25) is 4.99 Å². The number of guanidine groups is 1. The summed E-state index contributed by atoms with van der Waals surface area (Å²) in [5.41, 5.74) is 0. The molecule has 110 valence electrons. The van der Waals surface area contributed by atoms with E-state index in [9.17, 15) is 0 Å². The van der Waals surface area contributed by atoms with Crippen molar-refractivity contribution in [2.24, 2.45) is 16.8 Å². The lowest BCUT2D eigenvalue weighted by molar-refractivity contribution is 0.299. The van der Waals surface area contributed by atoms with E-state index in [2.05, 4.69) is 34.2 Å². The molecule has 2 rings (SSSR count). The molecule has 0 amide bonds. The largest absolute Gasteiger partial charge is 0.356 e. The van der Waals surface area contributed by atoms with Gasteiger partial charge in [0, 0.05) is 26.7 Å². The molecule has 2 atom stereocenters. The van der Waals surface area contributed by atoms with E-state index in [1.807, 2.05) is 7.05 Å². The van der Waals surface area contributed by atoms with Gasteiger partial charge in [0.25, 0.3) is 0 Å². The van der Waals surface area contributed by atoms with Crippen LogP contribution in [0.1, 0.15) is 32.1 Å². The molecule has 0 bridgehead atoms. The maximum absolute atomic E-state index is 4.46. The second kappa shape index (κ2) is 7.13. The van der Waals surface area contributed by atoms with Crippen LogP contribution in [0.2, 0.25) is 0 Å². The summed E-state index contributed by atoms with van der Waals surface area (Å²) in [5, 5.41) is 3.53. The highest BCUT2D eigenvalue weighted by Crippen LogP contribution is 2.35. The highest BCUT2D eigenvalue weighted by atomic mass is 15.3. The van der Waals surface area contributed by atoms with Gasteiger partial charge < -0.3 is 15.1 Å². The van der Waals surface area contributed by atoms with Crippen molar-refractivity contribution < 1.29 is 0 Å². The third kappa shape index (κ3) is 4.10.